The van der Waals surface area contributed by atoms with Gasteiger partial charge in [0.15, 0.2) is 6.61 Å². The Bertz CT molecular complexity index is 1030. The van der Waals surface area contributed by atoms with Crippen LogP contribution in [0.3, 0.4) is 0 Å². The first-order chi connectivity index (χ1) is 14.6. The number of hydrogen-bond acceptors (Lipinski definition) is 4. The van der Waals surface area contributed by atoms with Crippen LogP contribution in [0.5, 0.6) is 5.75 Å². The maximum atomic E-state index is 13.0. The number of pyridine rings is 1. The number of nitrogens with zero attached hydrogens (tertiary/aromatic N) is 2. The number of hydrogen-bond donors (Lipinski definition) is 1. The lowest BCUT2D eigenvalue weighted by atomic mass is 10.0. The third-order valence-electron chi connectivity index (χ3n) is 5.61. The summed E-state index contributed by atoms with van der Waals surface area (Å²) in [5, 5.41) is 2.83. The lowest BCUT2D eigenvalue weighted by molar-refractivity contribution is -0.153. The van der Waals surface area contributed by atoms with Gasteiger partial charge in [0.2, 0.25) is 5.91 Å². The predicted molar refractivity (Wildman–Crippen MR) is 107 cm³/mol. The van der Waals surface area contributed by atoms with Crippen LogP contribution in [0.4, 0.5) is 19.0 Å². The molecule has 4 rings (SSSR count). The van der Waals surface area contributed by atoms with Crippen LogP contribution in [0, 0.1) is 12.8 Å². The molecule has 0 radical (unpaired) electrons. The number of fused-ring (bicyclic) bond motifs is 1. The molecule has 1 aromatic carbocycles. The van der Waals surface area contributed by atoms with Gasteiger partial charge >= 0.3 is 6.18 Å². The number of nitrogens with one attached hydrogen (secondary N) is 1. The van der Waals surface area contributed by atoms with Gasteiger partial charge in [0.05, 0.1) is 12.6 Å². The molecule has 1 aromatic heterocycles. The molecule has 0 spiro atoms. The summed E-state index contributed by atoms with van der Waals surface area (Å²) < 4.78 is 42.1. The largest absolute Gasteiger partial charge is 0.484 e. The van der Waals surface area contributed by atoms with Gasteiger partial charge in [-0.1, -0.05) is 12.1 Å². The summed E-state index contributed by atoms with van der Waals surface area (Å²) in [4.78, 5) is 31.0. The number of rotatable bonds is 6. The zero-order chi connectivity index (χ0) is 22.3. The van der Waals surface area contributed by atoms with Crippen molar-refractivity contribution in [2.24, 2.45) is 5.92 Å². The molecule has 1 aliphatic carbocycles. The molecule has 1 aliphatic heterocycles. The second kappa shape index (κ2) is 7.86. The normalized spacial score (nSPS) is 16.8. The highest BCUT2D eigenvalue weighted by Gasteiger charge is 2.36. The first-order valence-electron chi connectivity index (χ1n) is 10.0. The van der Waals surface area contributed by atoms with Gasteiger partial charge in [-0.15, -0.1) is 0 Å². The van der Waals surface area contributed by atoms with Crippen molar-refractivity contribution < 1.29 is 27.5 Å². The molecule has 31 heavy (non-hydrogen) atoms. The minimum absolute atomic E-state index is 0.0193. The van der Waals surface area contributed by atoms with Crippen molar-refractivity contribution in [1.82, 2.24) is 9.88 Å². The Morgan fingerprint density at radius 1 is 1.32 bits per heavy atom. The van der Waals surface area contributed by atoms with Crippen LogP contribution in [-0.4, -0.2) is 34.5 Å². The predicted octanol–water partition coefficient (Wildman–Crippen LogP) is 4.40. The average molecular weight is 433 g/mol. The minimum atomic E-state index is -4.41. The van der Waals surface area contributed by atoms with Gasteiger partial charge in [-0.05, 0) is 49.9 Å². The average Bonchev–Trinajstić information content (AvgIpc) is 3.50. The number of carbonyl (C=O) groups is 2. The number of halogens is 3. The maximum absolute atomic E-state index is 13.0. The van der Waals surface area contributed by atoms with Crippen molar-refractivity contribution in [1.29, 1.82) is 0 Å². The lowest BCUT2D eigenvalue weighted by Gasteiger charge is -2.25. The maximum Gasteiger partial charge on any atom is 0.422 e. The van der Waals surface area contributed by atoms with Gasteiger partial charge in [-0.2, -0.15) is 13.2 Å². The van der Waals surface area contributed by atoms with Crippen LogP contribution in [0.1, 0.15) is 52.9 Å². The number of aromatic nitrogens is 1. The topological polar surface area (TPSA) is 71.5 Å². The van der Waals surface area contributed by atoms with E-state index in [1.54, 1.807) is 30.0 Å². The van der Waals surface area contributed by atoms with E-state index in [9.17, 15) is 22.8 Å². The molecular weight excluding hydrogens is 411 g/mol. The quantitative estimate of drug-likeness (QED) is 0.733. The zero-order valence-corrected chi connectivity index (χ0v) is 17.1. The summed E-state index contributed by atoms with van der Waals surface area (Å²) in [5.74, 6) is 0.320. The molecule has 1 atom stereocenters. The zero-order valence-electron chi connectivity index (χ0n) is 17.1. The number of aryl methyl sites for hydroxylation is 1. The summed E-state index contributed by atoms with van der Waals surface area (Å²) in [6, 6.07) is 6.18. The van der Waals surface area contributed by atoms with Crippen LogP contribution in [-0.2, 0) is 11.3 Å². The van der Waals surface area contributed by atoms with E-state index >= 15 is 0 Å². The number of amides is 2. The Labute approximate surface area is 177 Å². The second-order valence-corrected chi connectivity index (χ2v) is 7.99. The number of alkyl halides is 3. The van der Waals surface area contributed by atoms with E-state index in [-0.39, 0.29) is 36.1 Å². The molecule has 9 heteroatoms. The molecule has 1 fully saturated rings. The van der Waals surface area contributed by atoms with E-state index in [1.807, 2.05) is 6.92 Å². The third-order valence-corrected chi connectivity index (χ3v) is 5.61. The van der Waals surface area contributed by atoms with Crippen molar-refractivity contribution in [2.45, 2.75) is 45.5 Å². The molecule has 2 aromatic rings. The molecule has 1 saturated carbocycles. The molecule has 0 bridgehead atoms. The van der Waals surface area contributed by atoms with Gasteiger partial charge in [-0.25, -0.2) is 4.98 Å². The molecule has 6 nitrogen and oxygen atoms in total. The van der Waals surface area contributed by atoms with Gasteiger partial charge in [0.1, 0.15) is 11.6 Å². The molecule has 2 heterocycles. The number of carbonyl (C=O) groups excluding carboxylic acids is 2. The summed E-state index contributed by atoms with van der Waals surface area (Å²) in [7, 11) is 0. The van der Waals surface area contributed by atoms with Crippen molar-refractivity contribution in [3.63, 3.8) is 0 Å². The molecule has 1 N–H and O–H groups in total. The van der Waals surface area contributed by atoms with Crippen LogP contribution in [0.25, 0.3) is 0 Å². The van der Waals surface area contributed by atoms with Gasteiger partial charge in [0, 0.05) is 23.2 Å². The summed E-state index contributed by atoms with van der Waals surface area (Å²) in [6.07, 6.45) is -1.17. The fourth-order valence-corrected chi connectivity index (χ4v) is 3.67. The standard InChI is InChI=1S/C22H22F3N3O3/c1-12-9-15(5-6-18(12)31-11-22(23,24)25)13(2)28-10-17-16(21(28)30)7-8-26-19(17)27-20(29)14-3-4-14/h5-9,13-14H,3-4,10-11H2,1-2H3,(H,26,27,29). The van der Waals surface area contributed by atoms with Gasteiger partial charge < -0.3 is 15.0 Å². The van der Waals surface area contributed by atoms with Crippen LogP contribution in [0.15, 0.2) is 30.5 Å². The van der Waals surface area contributed by atoms with Crippen LogP contribution >= 0.6 is 0 Å². The molecule has 1 unspecified atom stereocenters. The fraction of sp³-hybridized carbons (Fsp3) is 0.409. The highest BCUT2D eigenvalue weighted by atomic mass is 19.4. The molecule has 2 aliphatic rings. The minimum Gasteiger partial charge on any atom is -0.484 e. The monoisotopic (exact) mass is 433 g/mol. The molecule has 164 valence electrons. The highest BCUT2D eigenvalue weighted by molar-refractivity contribution is 6.02. The number of ether oxygens (including phenoxy) is 1. The van der Waals surface area contributed by atoms with Gasteiger partial charge in [0.25, 0.3) is 5.91 Å². The van der Waals surface area contributed by atoms with E-state index in [4.69, 9.17) is 4.74 Å². The second-order valence-electron chi connectivity index (χ2n) is 7.99. The first-order valence-corrected chi connectivity index (χ1v) is 10.0. The molecular formula is C22H22F3N3O3. The van der Waals surface area contributed by atoms with E-state index in [0.29, 0.717) is 22.5 Å². The molecule has 0 saturated heterocycles. The summed E-state index contributed by atoms with van der Waals surface area (Å²) >= 11 is 0. The van der Waals surface area contributed by atoms with E-state index in [1.165, 1.54) is 12.3 Å². The van der Waals surface area contributed by atoms with E-state index in [2.05, 4.69) is 10.3 Å². The van der Waals surface area contributed by atoms with E-state index < -0.39 is 12.8 Å². The Morgan fingerprint density at radius 2 is 2.06 bits per heavy atom. The Balaban J connectivity index is 1.51. The fourth-order valence-electron chi connectivity index (χ4n) is 3.67. The van der Waals surface area contributed by atoms with Crippen LogP contribution < -0.4 is 10.1 Å². The lowest BCUT2D eigenvalue weighted by Crippen LogP contribution is -2.27. The van der Waals surface area contributed by atoms with Crippen molar-refractivity contribution in [3.8, 4) is 5.75 Å². The number of benzene rings is 1. The Hall–Kier alpha value is -3.10. The Morgan fingerprint density at radius 3 is 2.71 bits per heavy atom. The summed E-state index contributed by atoms with van der Waals surface area (Å²) in [6.45, 7) is 2.45. The number of anilines is 1. The van der Waals surface area contributed by atoms with Crippen molar-refractivity contribution in [3.05, 3.63) is 52.7 Å². The van der Waals surface area contributed by atoms with Crippen molar-refractivity contribution in [2.75, 3.05) is 11.9 Å². The highest BCUT2D eigenvalue weighted by Crippen LogP contribution is 2.36. The Kier molecular flexibility index (Phi) is 5.36. The molecule has 2 amide bonds. The smallest absolute Gasteiger partial charge is 0.422 e. The third kappa shape index (κ3) is 4.50. The van der Waals surface area contributed by atoms with Crippen molar-refractivity contribution >= 4 is 17.6 Å². The SMILES string of the molecule is Cc1cc(C(C)N2Cc3c(ccnc3NC(=O)C3CC3)C2=O)ccc1OCC(F)(F)F. The summed E-state index contributed by atoms with van der Waals surface area (Å²) in [5.41, 5.74) is 2.50. The first kappa shape index (κ1) is 21.1. The van der Waals surface area contributed by atoms with Crippen LogP contribution in [0.2, 0.25) is 0 Å². The van der Waals surface area contributed by atoms with E-state index in [0.717, 1.165) is 18.4 Å². The van der Waals surface area contributed by atoms with Gasteiger partial charge in [-0.3, -0.25) is 9.59 Å².